The van der Waals surface area contributed by atoms with Gasteiger partial charge < -0.3 is 0 Å². The monoisotopic (exact) mass is 248 g/mol. The van der Waals surface area contributed by atoms with Gasteiger partial charge in [-0.25, -0.2) is 0 Å². The first-order valence-electron chi connectivity index (χ1n) is 6.11. The van der Waals surface area contributed by atoms with E-state index in [0.29, 0.717) is 12.0 Å². The molecule has 0 aliphatic heterocycles. The molecule has 19 heavy (non-hydrogen) atoms. The Labute approximate surface area is 110 Å². The summed E-state index contributed by atoms with van der Waals surface area (Å²) in [6.07, 6.45) is 3.43. The van der Waals surface area contributed by atoms with Crippen molar-refractivity contribution in [2.75, 3.05) is 0 Å². The molecule has 0 aliphatic rings. The molecule has 0 fully saturated rings. The molecule has 1 aromatic heterocycles. The summed E-state index contributed by atoms with van der Waals surface area (Å²) in [6.45, 7) is 0. The lowest BCUT2D eigenvalue weighted by atomic mass is 9.98. The van der Waals surface area contributed by atoms with Gasteiger partial charge in [0, 0.05) is 12.0 Å². The molecular formula is C16H12N2O. The van der Waals surface area contributed by atoms with Gasteiger partial charge in [0.05, 0.1) is 12.4 Å². The Morgan fingerprint density at radius 1 is 0.947 bits per heavy atom. The smallest absolute Gasteiger partial charge is 0.168 e. The number of fused-ring (bicyclic) bond motifs is 1. The molecule has 0 saturated heterocycles. The van der Waals surface area contributed by atoms with Crippen LogP contribution in [-0.4, -0.2) is 16.0 Å². The zero-order valence-electron chi connectivity index (χ0n) is 10.3. The van der Waals surface area contributed by atoms with Crippen LogP contribution in [0.2, 0.25) is 0 Å². The number of carbonyl (C=O) groups is 1. The van der Waals surface area contributed by atoms with Crippen LogP contribution in [0.5, 0.6) is 0 Å². The summed E-state index contributed by atoms with van der Waals surface area (Å²) in [6, 6.07) is 15.8. The quantitative estimate of drug-likeness (QED) is 0.669. The van der Waals surface area contributed by atoms with Crippen molar-refractivity contribution in [3.8, 4) is 0 Å². The van der Waals surface area contributed by atoms with Crippen LogP contribution in [0, 0.1) is 0 Å². The van der Waals surface area contributed by atoms with E-state index in [4.69, 9.17) is 0 Å². The Morgan fingerprint density at radius 3 is 2.63 bits per heavy atom. The molecule has 2 aromatic carbocycles. The van der Waals surface area contributed by atoms with E-state index in [2.05, 4.69) is 22.3 Å². The molecule has 0 spiro atoms. The summed E-state index contributed by atoms with van der Waals surface area (Å²) in [7, 11) is 0. The van der Waals surface area contributed by atoms with Gasteiger partial charge in [-0.1, -0.05) is 42.5 Å². The van der Waals surface area contributed by atoms with Gasteiger partial charge in [0.25, 0.3) is 0 Å². The summed E-state index contributed by atoms with van der Waals surface area (Å²) in [4.78, 5) is 12.2. The van der Waals surface area contributed by atoms with Gasteiger partial charge >= 0.3 is 0 Å². The molecule has 3 rings (SSSR count). The standard InChI is InChI=1S/C16H12N2O/c19-16(14-8-9-17-18-11-14)10-13-6-3-5-12-4-1-2-7-15(12)13/h1-9,11H,10H2. The molecule has 92 valence electrons. The fourth-order valence-corrected chi connectivity index (χ4v) is 2.18. The maximum absolute atomic E-state index is 12.2. The van der Waals surface area contributed by atoms with Crippen molar-refractivity contribution in [3.63, 3.8) is 0 Å². The summed E-state index contributed by atoms with van der Waals surface area (Å²) in [5.41, 5.74) is 1.64. The number of Topliss-reactive ketones (excluding diaryl/α,β-unsaturated/α-hetero) is 1. The third-order valence-electron chi connectivity index (χ3n) is 3.14. The van der Waals surface area contributed by atoms with E-state index in [9.17, 15) is 4.79 Å². The Bertz CT molecular complexity index is 718. The van der Waals surface area contributed by atoms with Gasteiger partial charge in [0.2, 0.25) is 0 Å². The van der Waals surface area contributed by atoms with Crippen LogP contribution >= 0.6 is 0 Å². The van der Waals surface area contributed by atoms with Crippen molar-refractivity contribution >= 4 is 16.6 Å². The topological polar surface area (TPSA) is 42.9 Å². The molecule has 0 N–H and O–H groups in total. The van der Waals surface area contributed by atoms with Gasteiger partial charge in [0.1, 0.15) is 0 Å². The fraction of sp³-hybridized carbons (Fsp3) is 0.0625. The third kappa shape index (κ3) is 2.36. The highest BCUT2D eigenvalue weighted by Gasteiger charge is 2.09. The second-order valence-corrected chi connectivity index (χ2v) is 4.37. The van der Waals surface area contributed by atoms with E-state index in [1.165, 1.54) is 12.4 Å². The minimum absolute atomic E-state index is 0.0613. The Hall–Kier alpha value is -2.55. The second kappa shape index (κ2) is 4.98. The van der Waals surface area contributed by atoms with Crippen LogP contribution in [0.4, 0.5) is 0 Å². The minimum atomic E-state index is 0.0613. The molecule has 0 radical (unpaired) electrons. The van der Waals surface area contributed by atoms with Gasteiger partial charge in [-0.15, -0.1) is 0 Å². The van der Waals surface area contributed by atoms with Crippen LogP contribution in [0.1, 0.15) is 15.9 Å². The number of ketones is 1. The lowest BCUT2D eigenvalue weighted by Gasteiger charge is -2.05. The van der Waals surface area contributed by atoms with Gasteiger partial charge in [-0.2, -0.15) is 10.2 Å². The van der Waals surface area contributed by atoms with Crippen molar-refractivity contribution in [3.05, 3.63) is 72.1 Å². The molecule has 0 amide bonds. The number of aromatic nitrogens is 2. The molecule has 0 aliphatic carbocycles. The van der Waals surface area contributed by atoms with Crippen LogP contribution in [-0.2, 0) is 6.42 Å². The van der Waals surface area contributed by atoms with Crippen LogP contribution < -0.4 is 0 Å². The highest BCUT2D eigenvalue weighted by atomic mass is 16.1. The van der Waals surface area contributed by atoms with Crippen LogP contribution in [0.3, 0.4) is 0 Å². The SMILES string of the molecule is O=C(Cc1cccc2ccccc12)c1ccnnc1. The van der Waals surface area contributed by atoms with Gasteiger partial charge in [-0.3, -0.25) is 4.79 Å². The molecule has 1 heterocycles. The van der Waals surface area contributed by atoms with E-state index in [1.807, 2.05) is 30.3 Å². The number of hydrogen-bond donors (Lipinski definition) is 0. The molecule has 3 nitrogen and oxygen atoms in total. The van der Waals surface area contributed by atoms with Crippen molar-refractivity contribution in [1.29, 1.82) is 0 Å². The maximum atomic E-state index is 12.2. The average molecular weight is 248 g/mol. The van der Waals surface area contributed by atoms with Crippen molar-refractivity contribution in [2.24, 2.45) is 0 Å². The normalized spacial score (nSPS) is 10.5. The number of benzene rings is 2. The molecule has 3 aromatic rings. The van der Waals surface area contributed by atoms with Crippen molar-refractivity contribution < 1.29 is 4.79 Å². The molecule has 0 bridgehead atoms. The number of rotatable bonds is 3. The van der Waals surface area contributed by atoms with Crippen LogP contribution in [0.15, 0.2) is 60.9 Å². The van der Waals surface area contributed by atoms with Gasteiger partial charge in [0.15, 0.2) is 5.78 Å². The molecule has 3 heteroatoms. The van der Waals surface area contributed by atoms with Crippen molar-refractivity contribution in [2.45, 2.75) is 6.42 Å². The van der Waals surface area contributed by atoms with E-state index >= 15 is 0 Å². The zero-order chi connectivity index (χ0) is 13.1. The third-order valence-corrected chi connectivity index (χ3v) is 3.14. The molecule has 0 saturated carbocycles. The van der Waals surface area contributed by atoms with E-state index in [0.717, 1.165) is 16.3 Å². The molecule has 0 atom stereocenters. The molecular weight excluding hydrogens is 236 g/mol. The predicted molar refractivity (Wildman–Crippen MR) is 74.0 cm³/mol. The lowest BCUT2D eigenvalue weighted by molar-refractivity contribution is 0.0993. The van der Waals surface area contributed by atoms with E-state index in [-0.39, 0.29) is 5.78 Å². The second-order valence-electron chi connectivity index (χ2n) is 4.37. The van der Waals surface area contributed by atoms with Crippen molar-refractivity contribution in [1.82, 2.24) is 10.2 Å². The van der Waals surface area contributed by atoms with E-state index < -0.39 is 0 Å². The zero-order valence-corrected chi connectivity index (χ0v) is 10.3. The maximum Gasteiger partial charge on any atom is 0.168 e. The minimum Gasteiger partial charge on any atom is -0.294 e. The van der Waals surface area contributed by atoms with E-state index in [1.54, 1.807) is 6.07 Å². The Kier molecular flexibility index (Phi) is 3.02. The number of carbonyl (C=O) groups excluding carboxylic acids is 1. The first-order valence-corrected chi connectivity index (χ1v) is 6.11. The Morgan fingerprint density at radius 2 is 1.79 bits per heavy atom. The number of hydrogen-bond acceptors (Lipinski definition) is 3. The summed E-state index contributed by atoms with van der Waals surface area (Å²) < 4.78 is 0. The lowest BCUT2D eigenvalue weighted by Crippen LogP contribution is -2.04. The summed E-state index contributed by atoms with van der Waals surface area (Å²) in [5.74, 6) is 0.0613. The number of nitrogens with zero attached hydrogens (tertiary/aromatic N) is 2. The highest BCUT2D eigenvalue weighted by Crippen LogP contribution is 2.19. The first-order chi connectivity index (χ1) is 9.34. The summed E-state index contributed by atoms with van der Waals surface area (Å²) >= 11 is 0. The average Bonchev–Trinajstić information content (AvgIpc) is 2.48. The van der Waals surface area contributed by atoms with Gasteiger partial charge in [-0.05, 0) is 22.4 Å². The molecule has 0 unspecified atom stereocenters. The largest absolute Gasteiger partial charge is 0.294 e. The summed E-state index contributed by atoms with van der Waals surface area (Å²) in [5, 5.41) is 9.70. The predicted octanol–water partition coefficient (Wildman–Crippen LogP) is 3.06. The van der Waals surface area contributed by atoms with Crippen LogP contribution in [0.25, 0.3) is 10.8 Å². The highest BCUT2D eigenvalue weighted by molar-refractivity contribution is 5.99. The Balaban J connectivity index is 1.96. The fourth-order valence-electron chi connectivity index (χ4n) is 2.18. The first kappa shape index (κ1) is 11.5.